The first kappa shape index (κ1) is 36.9. The van der Waals surface area contributed by atoms with Gasteiger partial charge in [0.1, 0.15) is 5.60 Å². The van der Waals surface area contributed by atoms with E-state index in [4.69, 9.17) is 19.9 Å². The summed E-state index contributed by atoms with van der Waals surface area (Å²) in [5.74, 6) is 0. The Kier molecular flexibility index (Phi) is 21.2. The van der Waals surface area contributed by atoms with Crippen LogP contribution in [0.5, 0.6) is 0 Å². The molecule has 0 aromatic heterocycles. The van der Waals surface area contributed by atoms with E-state index >= 15 is 0 Å². The van der Waals surface area contributed by atoms with Crippen molar-refractivity contribution in [2.45, 2.75) is 113 Å². The number of nitrogens with two attached hydrogens (primary N) is 1. The van der Waals surface area contributed by atoms with Crippen LogP contribution in [0.25, 0.3) is 0 Å². The molecule has 5 unspecified atom stereocenters. The standard InChI is InChI=1S/C14H24N2O.C10H21NO4.2CH4/c1-4-17-12(3)14(15)16-11(2)10-13-8-6-5-7-9-13;1-6-14-7(2)8(12)11-9(13)15-10(3,4)5;;/h5-9,11-12,14,16H,4,10,15H2,1-3H3;7-8,12H,6H2,1-5H3,(H,11,13);2*1H4. The van der Waals surface area contributed by atoms with Gasteiger partial charge in [0.25, 0.3) is 0 Å². The molecule has 0 fully saturated rings. The van der Waals surface area contributed by atoms with E-state index < -0.39 is 24.0 Å². The molecule has 0 aliphatic rings. The minimum Gasteiger partial charge on any atom is -0.444 e. The Balaban J connectivity index is -0.000000538. The molecule has 8 nitrogen and oxygen atoms in total. The van der Waals surface area contributed by atoms with Crippen LogP contribution in [0.3, 0.4) is 0 Å². The molecule has 202 valence electrons. The van der Waals surface area contributed by atoms with Gasteiger partial charge in [-0.1, -0.05) is 45.2 Å². The summed E-state index contributed by atoms with van der Waals surface area (Å²) in [6.45, 7) is 16.1. The second-order valence-corrected chi connectivity index (χ2v) is 8.70. The van der Waals surface area contributed by atoms with Crippen LogP contribution in [0.15, 0.2) is 30.3 Å². The van der Waals surface area contributed by atoms with Crippen molar-refractivity contribution in [3.05, 3.63) is 35.9 Å². The van der Waals surface area contributed by atoms with Gasteiger partial charge in [-0.05, 0) is 67.4 Å². The molecule has 1 aromatic rings. The van der Waals surface area contributed by atoms with Crippen molar-refractivity contribution in [2.75, 3.05) is 13.2 Å². The van der Waals surface area contributed by atoms with Crippen molar-refractivity contribution in [3.8, 4) is 0 Å². The van der Waals surface area contributed by atoms with E-state index in [-0.39, 0.29) is 27.1 Å². The van der Waals surface area contributed by atoms with Crippen molar-refractivity contribution in [1.82, 2.24) is 10.6 Å². The Hall–Kier alpha value is -1.71. The van der Waals surface area contributed by atoms with E-state index in [1.165, 1.54) is 5.56 Å². The summed E-state index contributed by atoms with van der Waals surface area (Å²) in [7, 11) is 0. The molecule has 0 aliphatic carbocycles. The van der Waals surface area contributed by atoms with Crippen LogP contribution < -0.4 is 16.4 Å². The number of ether oxygens (including phenoxy) is 3. The molecule has 5 N–H and O–H groups in total. The largest absolute Gasteiger partial charge is 0.444 e. The fourth-order valence-electron chi connectivity index (χ4n) is 2.76. The zero-order valence-electron chi connectivity index (χ0n) is 21.1. The molecule has 0 bridgehead atoms. The molecule has 8 heteroatoms. The lowest BCUT2D eigenvalue weighted by Gasteiger charge is -2.25. The first-order valence-corrected chi connectivity index (χ1v) is 11.4. The van der Waals surface area contributed by atoms with Crippen LogP contribution in [0.4, 0.5) is 4.79 Å². The summed E-state index contributed by atoms with van der Waals surface area (Å²) in [6, 6.07) is 10.8. The van der Waals surface area contributed by atoms with Crippen LogP contribution in [0, 0.1) is 0 Å². The molecule has 5 atom stereocenters. The lowest BCUT2D eigenvalue weighted by atomic mass is 10.1. The zero-order chi connectivity index (χ0) is 24.7. The smallest absolute Gasteiger partial charge is 0.409 e. The minimum atomic E-state index is -1.06. The van der Waals surface area contributed by atoms with Crippen molar-refractivity contribution in [3.63, 3.8) is 0 Å². The number of rotatable bonds is 11. The number of hydrogen-bond donors (Lipinski definition) is 4. The number of alkyl carbamates (subject to hydrolysis) is 1. The number of nitrogens with one attached hydrogen (secondary N) is 2. The number of aliphatic hydroxyl groups is 1. The molecule has 0 spiro atoms. The van der Waals surface area contributed by atoms with Gasteiger partial charge in [0.2, 0.25) is 0 Å². The van der Waals surface area contributed by atoms with Crippen LogP contribution in [-0.2, 0) is 20.6 Å². The maximum absolute atomic E-state index is 11.2. The third-order valence-corrected chi connectivity index (χ3v) is 4.34. The van der Waals surface area contributed by atoms with Gasteiger partial charge < -0.3 is 25.1 Å². The van der Waals surface area contributed by atoms with E-state index in [2.05, 4.69) is 41.8 Å². The van der Waals surface area contributed by atoms with E-state index in [0.29, 0.717) is 19.3 Å². The maximum Gasteiger partial charge on any atom is 0.409 e. The topological polar surface area (TPSA) is 115 Å². The molecule has 0 radical (unpaired) electrons. The van der Waals surface area contributed by atoms with E-state index in [1.54, 1.807) is 27.7 Å². The summed E-state index contributed by atoms with van der Waals surface area (Å²) >= 11 is 0. The van der Waals surface area contributed by atoms with E-state index in [1.807, 2.05) is 26.8 Å². The quantitative estimate of drug-likeness (QED) is 0.341. The van der Waals surface area contributed by atoms with Gasteiger partial charge in [0.15, 0.2) is 6.23 Å². The number of carbonyl (C=O) groups is 1. The van der Waals surface area contributed by atoms with E-state index in [9.17, 15) is 9.90 Å². The summed E-state index contributed by atoms with van der Waals surface area (Å²) in [5, 5.41) is 15.1. The molecular weight excluding hydrogens is 434 g/mol. The van der Waals surface area contributed by atoms with Crippen LogP contribution >= 0.6 is 0 Å². The molecule has 0 heterocycles. The van der Waals surface area contributed by atoms with E-state index in [0.717, 1.165) is 6.42 Å². The van der Waals surface area contributed by atoms with Crippen molar-refractivity contribution >= 4 is 6.09 Å². The third kappa shape index (κ3) is 18.7. The zero-order valence-corrected chi connectivity index (χ0v) is 21.1. The SMILES string of the molecule is C.C.CCOC(C)C(N)NC(C)Cc1ccccc1.CCOC(C)C(O)NC(=O)OC(C)(C)C. The van der Waals surface area contributed by atoms with Crippen LogP contribution in [0.2, 0.25) is 0 Å². The highest BCUT2D eigenvalue weighted by Gasteiger charge is 2.21. The maximum atomic E-state index is 11.2. The normalized spacial score (nSPS) is 15.1. The number of aliphatic hydroxyl groups excluding tert-OH is 1. The summed E-state index contributed by atoms with van der Waals surface area (Å²) in [5.41, 5.74) is 6.77. The highest BCUT2D eigenvalue weighted by molar-refractivity contribution is 5.67. The average Bonchev–Trinajstić information content (AvgIpc) is 2.68. The average molecular weight is 488 g/mol. The minimum absolute atomic E-state index is 0. The Labute approximate surface area is 208 Å². The van der Waals surface area contributed by atoms with Gasteiger partial charge in [0.05, 0.1) is 18.4 Å². The summed E-state index contributed by atoms with van der Waals surface area (Å²) in [4.78, 5) is 11.2. The first-order valence-electron chi connectivity index (χ1n) is 11.4. The molecule has 0 saturated carbocycles. The van der Waals surface area contributed by atoms with Crippen molar-refractivity contribution < 1.29 is 24.1 Å². The van der Waals surface area contributed by atoms with Gasteiger partial charge in [-0.25, -0.2) is 4.79 Å². The first-order chi connectivity index (χ1) is 14.9. The van der Waals surface area contributed by atoms with Crippen LogP contribution in [0.1, 0.15) is 75.8 Å². The Morgan fingerprint density at radius 2 is 1.50 bits per heavy atom. The molecule has 0 saturated heterocycles. The lowest BCUT2D eigenvalue weighted by Crippen LogP contribution is -2.51. The monoisotopic (exact) mass is 487 g/mol. The van der Waals surface area contributed by atoms with Gasteiger partial charge in [-0.3, -0.25) is 10.6 Å². The third-order valence-electron chi connectivity index (χ3n) is 4.34. The molecule has 1 rings (SSSR count). The predicted octanol–water partition coefficient (Wildman–Crippen LogP) is 4.44. The fourth-order valence-corrected chi connectivity index (χ4v) is 2.76. The second kappa shape index (κ2) is 19.6. The van der Waals surface area contributed by atoms with Gasteiger partial charge in [-0.2, -0.15) is 0 Å². The van der Waals surface area contributed by atoms with Crippen LogP contribution in [-0.4, -0.2) is 60.7 Å². The number of carbonyl (C=O) groups excluding carboxylic acids is 1. The van der Waals surface area contributed by atoms with Crippen molar-refractivity contribution in [2.24, 2.45) is 5.73 Å². The number of benzene rings is 1. The molecule has 1 aromatic carbocycles. The van der Waals surface area contributed by atoms with Crippen molar-refractivity contribution in [1.29, 1.82) is 0 Å². The molecule has 0 aliphatic heterocycles. The summed E-state index contributed by atoms with van der Waals surface area (Å²) in [6.07, 6.45) is -1.26. The highest BCUT2D eigenvalue weighted by atomic mass is 16.6. The van der Waals surface area contributed by atoms with Gasteiger partial charge in [-0.15, -0.1) is 0 Å². The Morgan fingerprint density at radius 3 is 1.97 bits per heavy atom. The predicted molar refractivity (Wildman–Crippen MR) is 142 cm³/mol. The fraction of sp³-hybridized carbons (Fsp3) is 0.731. The number of amides is 1. The van der Waals surface area contributed by atoms with Gasteiger partial charge >= 0.3 is 6.09 Å². The Morgan fingerprint density at radius 1 is 1.00 bits per heavy atom. The highest BCUT2D eigenvalue weighted by Crippen LogP contribution is 2.07. The molecule has 1 amide bonds. The summed E-state index contributed by atoms with van der Waals surface area (Å²) < 4.78 is 15.6. The molecule has 34 heavy (non-hydrogen) atoms. The second-order valence-electron chi connectivity index (χ2n) is 8.70. The Bertz CT molecular complexity index is 610. The molecular formula is C26H53N3O5. The van der Waals surface area contributed by atoms with Gasteiger partial charge in [0, 0.05) is 19.3 Å². The number of hydrogen-bond acceptors (Lipinski definition) is 7. The lowest BCUT2D eigenvalue weighted by molar-refractivity contribution is -0.0414.